The van der Waals surface area contributed by atoms with Crippen LogP contribution in [-0.4, -0.2) is 9.13 Å². The number of para-hydroxylation sites is 6. The van der Waals surface area contributed by atoms with Gasteiger partial charge in [-0.2, -0.15) is 0 Å². The average Bonchev–Trinajstić information content (AvgIpc) is 4.02. The maximum absolute atomic E-state index is 2.39. The zero-order valence-electron chi connectivity index (χ0n) is 35.3. The van der Waals surface area contributed by atoms with E-state index in [2.05, 4.69) is 262 Å². The Kier molecular flexibility index (Phi) is 8.68. The van der Waals surface area contributed by atoms with Crippen molar-refractivity contribution in [1.82, 2.24) is 9.13 Å². The molecule has 0 fully saturated rings. The third-order valence-electron chi connectivity index (χ3n) is 12.8. The van der Waals surface area contributed by atoms with Crippen LogP contribution < -0.4 is 9.80 Å². The summed E-state index contributed by atoms with van der Waals surface area (Å²) in [5.74, 6) is 0. The van der Waals surface area contributed by atoms with Crippen molar-refractivity contribution < 1.29 is 0 Å². The second-order valence-electron chi connectivity index (χ2n) is 16.6. The maximum atomic E-state index is 2.39. The quantitative estimate of drug-likeness (QED) is 0.151. The summed E-state index contributed by atoms with van der Waals surface area (Å²) in [6, 6.07) is 88.0. The fourth-order valence-corrected chi connectivity index (χ4v) is 11.2. The van der Waals surface area contributed by atoms with Gasteiger partial charge in [0.25, 0.3) is 0 Å². The number of anilines is 6. The van der Waals surface area contributed by atoms with Crippen LogP contribution in [0.25, 0.3) is 75.2 Å². The normalized spacial score (nSPS) is 11.7. The zero-order chi connectivity index (χ0) is 42.8. The van der Waals surface area contributed by atoms with Crippen molar-refractivity contribution in [2.24, 2.45) is 0 Å². The average molecular weight is 849 g/mol. The van der Waals surface area contributed by atoms with Gasteiger partial charge >= 0.3 is 0 Å². The minimum absolute atomic E-state index is 1.11. The van der Waals surface area contributed by atoms with Gasteiger partial charge in [-0.1, -0.05) is 121 Å². The number of fused-ring (bicyclic) bond motifs is 9. The standard InChI is InChI=1S/C60H40N4S/c1-5-17-41(18-6-1)61(45-31-35-57-53(37-45)49-25-13-15-27-55(49)63(57)43-21-9-3-10-22-43)47-29-33-51-52-34-30-48(40-60(52)65-59(51)39-47)62(42-19-7-2-8-20-42)46-32-36-58-54(38-46)50-26-14-16-28-56(50)64(58)44-23-11-4-12-24-44/h1-40H. The van der Waals surface area contributed by atoms with Crippen molar-refractivity contribution in [1.29, 1.82) is 0 Å². The van der Waals surface area contributed by atoms with Crippen LogP contribution in [0.5, 0.6) is 0 Å². The summed E-state index contributed by atoms with van der Waals surface area (Å²) in [6.07, 6.45) is 0. The van der Waals surface area contributed by atoms with Crippen LogP contribution in [0.3, 0.4) is 0 Å². The lowest BCUT2D eigenvalue weighted by atomic mass is 10.1. The number of hydrogen-bond acceptors (Lipinski definition) is 3. The molecule has 0 aliphatic rings. The summed E-state index contributed by atoms with van der Waals surface area (Å²) in [5.41, 5.74) is 13.8. The minimum Gasteiger partial charge on any atom is -0.310 e. The number of benzene rings is 10. The summed E-state index contributed by atoms with van der Waals surface area (Å²) < 4.78 is 7.25. The van der Waals surface area contributed by atoms with Crippen LogP contribution in [0.2, 0.25) is 0 Å². The van der Waals surface area contributed by atoms with Crippen LogP contribution in [0, 0.1) is 0 Å². The van der Waals surface area contributed by atoms with Crippen LogP contribution in [-0.2, 0) is 0 Å². The predicted octanol–water partition coefficient (Wildman–Crippen LogP) is 17.2. The molecular formula is C60H40N4S. The maximum Gasteiger partial charge on any atom is 0.0542 e. The first kappa shape index (κ1) is 37.2. The molecule has 4 nitrogen and oxygen atoms in total. The van der Waals surface area contributed by atoms with Gasteiger partial charge in [-0.15, -0.1) is 11.3 Å². The van der Waals surface area contributed by atoms with E-state index in [-0.39, 0.29) is 0 Å². The molecular weight excluding hydrogens is 809 g/mol. The summed E-state index contributed by atoms with van der Waals surface area (Å²) in [6.45, 7) is 0. The highest BCUT2D eigenvalue weighted by Crippen LogP contribution is 2.45. The van der Waals surface area contributed by atoms with Crippen LogP contribution in [0.1, 0.15) is 0 Å². The van der Waals surface area contributed by atoms with Crippen LogP contribution in [0.4, 0.5) is 34.1 Å². The molecule has 13 aromatic rings. The molecule has 3 aromatic heterocycles. The van der Waals surface area contributed by atoms with E-state index in [1.54, 1.807) is 0 Å². The van der Waals surface area contributed by atoms with Gasteiger partial charge in [-0.25, -0.2) is 0 Å². The highest BCUT2D eigenvalue weighted by molar-refractivity contribution is 7.25. The Bertz CT molecular complexity index is 3630. The van der Waals surface area contributed by atoms with E-state index in [0.29, 0.717) is 0 Å². The molecule has 10 aromatic carbocycles. The first-order valence-electron chi connectivity index (χ1n) is 22.1. The highest BCUT2D eigenvalue weighted by Gasteiger charge is 2.21. The zero-order valence-corrected chi connectivity index (χ0v) is 36.1. The number of rotatable bonds is 8. The Morgan fingerprint density at radius 3 is 1.02 bits per heavy atom. The van der Waals surface area contributed by atoms with Crippen LogP contribution >= 0.6 is 11.3 Å². The monoisotopic (exact) mass is 848 g/mol. The number of nitrogens with zero attached hydrogens (tertiary/aromatic N) is 4. The number of aromatic nitrogens is 2. The SMILES string of the molecule is c1ccc(N(c2ccc3c(c2)sc2cc(N(c4ccccc4)c4ccc5c(c4)c4ccccc4n5-c4ccccc4)ccc23)c2ccc3c(c2)c2ccccc2n3-c2ccccc2)cc1. The lowest BCUT2D eigenvalue weighted by molar-refractivity contribution is 1.18. The second-order valence-corrected chi connectivity index (χ2v) is 17.7. The number of hydrogen-bond donors (Lipinski definition) is 0. The lowest BCUT2D eigenvalue weighted by Crippen LogP contribution is -2.09. The first-order valence-corrected chi connectivity index (χ1v) is 22.9. The summed E-state index contributed by atoms with van der Waals surface area (Å²) in [5, 5.41) is 7.44. The summed E-state index contributed by atoms with van der Waals surface area (Å²) in [4.78, 5) is 4.79. The fourth-order valence-electron chi connectivity index (χ4n) is 9.99. The fraction of sp³-hybridized carbons (Fsp3) is 0. The Labute approximate surface area is 380 Å². The lowest BCUT2D eigenvalue weighted by Gasteiger charge is -2.26. The van der Waals surface area contributed by atoms with Crippen LogP contribution in [0.15, 0.2) is 243 Å². The minimum atomic E-state index is 1.11. The van der Waals surface area contributed by atoms with E-state index in [1.807, 2.05) is 11.3 Å². The molecule has 0 aliphatic heterocycles. The Hall–Kier alpha value is -8.38. The van der Waals surface area contributed by atoms with Gasteiger partial charge in [-0.05, 0) is 121 Å². The molecule has 0 N–H and O–H groups in total. The van der Waals surface area contributed by atoms with Crippen molar-refractivity contribution in [3.05, 3.63) is 243 Å². The van der Waals surface area contributed by atoms with Gasteiger partial charge < -0.3 is 18.9 Å². The topological polar surface area (TPSA) is 16.3 Å². The van der Waals surface area contributed by atoms with Gasteiger partial charge in [0.05, 0.1) is 22.1 Å². The molecule has 306 valence electrons. The van der Waals surface area contributed by atoms with Crippen molar-refractivity contribution in [2.45, 2.75) is 0 Å². The van der Waals surface area contributed by atoms with E-state index in [0.717, 1.165) is 45.5 Å². The first-order chi connectivity index (χ1) is 32.2. The molecule has 0 atom stereocenters. The Balaban J connectivity index is 0.936. The van der Waals surface area contributed by atoms with E-state index in [1.165, 1.54) is 63.8 Å². The van der Waals surface area contributed by atoms with Crippen molar-refractivity contribution in [3.63, 3.8) is 0 Å². The van der Waals surface area contributed by atoms with Gasteiger partial charge in [0.2, 0.25) is 0 Å². The van der Waals surface area contributed by atoms with Gasteiger partial charge in [0, 0.05) is 87.2 Å². The molecule has 0 unspecified atom stereocenters. The molecule has 0 saturated carbocycles. The van der Waals surface area contributed by atoms with Crippen molar-refractivity contribution in [3.8, 4) is 11.4 Å². The molecule has 0 saturated heterocycles. The van der Waals surface area contributed by atoms with Gasteiger partial charge in [0.1, 0.15) is 0 Å². The summed E-state index contributed by atoms with van der Waals surface area (Å²) in [7, 11) is 0. The van der Waals surface area contributed by atoms with E-state index in [4.69, 9.17) is 0 Å². The second kappa shape index (κ2) is 15.2. The molecule has 5 heteroatoms. The highest BCUT2D eigenvalue weighted by atomic mass is 32.1. The Morgan fingerprint density at radius 1 is 0.246 bits per heavy atom. The molecule has 0 aliphatic carbocycles. The van der Waals surface area contributed by atoms with E-state index in [9.17, 15) is 0 Å². The third-order valence-corrected chi connectivity index (χ3v) is 14.0. The van der Waals surface area contributed by atoms with E-state index >= 15 is 0 Å². The third kappa shape index (κ3) is 6.12. The molecule has 0 bridgehead atoms. The predicted molar refractivity (Wildman–Crippen MR) is 277 cm³/mol. The van der Waals surface area contributed by atoms with E-state index < -0.39 is 0 Å². The number of thiophene rings is 1. The Morgan fingerprint density at radius 2 is 0.585 bits per heavy atom. The molecule has 13 rings (SSSR count). The molecule has 65 heavy (non-hydrogen) atoms. The largest absolute Gasteiger partial charge is 0.310 e. The van der Waals surface area contributed by atoms with Gasteiger partial charge in [0.15, 0.2) is 0 Å². The molecule has 0 amide bonds. The molecule has 0 radical (unpaired) electrons. The molecule has 3 heterocycles. The molecule has 0 spiro atoms. The summed E-state index contributed by atoms with van der Waals surface area (Å²) >= 11 is 1.86. The smallest absolute Gasteiger partial charge is 0.0542 e. The van der Waals surface area contributed by atoms with Gasteiger partial charge in [-0.3, -0.25) is 0 Å². The van der Waals surface area contributed by atoms with Crippen molar-refractivity contribution in [2.75, 3.05) is 9.80 Å². The van der Waals surface area contributed by atoms with Crippen molar-refractivity contribution >= 4 is 109 Å².